The monoisotopic (exact) mass is 344 g/mol. The van der Waals surface area contributed by atoms with Crippen molar-refractivity contribution in [2.45, 2.75) is 19.6 Å². The number of benzene rings is 1. The van der Waals surface area contributed by atoms with Gasteiger partial charge in [-0.1, -0.05) is 11.6 Å². The van der Waals surface area contributed by atoms with Crippen molar-refractivity contribution in [3.63, 3.8) is 0 Å². The Hall–Kier alpha value is -1.60. The molecule has 0 unspecified atom stereocenters. The fourth-order valence-electron chi connectivity index (χ4n) is 1.98. The lowest BCUT2D eigenvalue weighted by Crippen LogP contribution is -2.06. The van der Waals surface area contributed by atoms with Crippen molar-refractivity contribution >= 4 is 32.3 Å². The average Bonchev–Trinajstić information content (AvgIpc) is 2.39. The van der Waals surface area contributed by atoms with Crippen LogP contribution in [-0.2, 0) is 15.6 Å². The Balaban J connectivity index is 2.59. The van der Waals surface area contributed by atoms with Crippen LogP contribution in [0.15, 0.2) is 12.1 Å². The van der Waals surface area contributed by atoms with E-state index in [2.05, 4.69) is 9.97 Å². The van der Waals surface area contributed by atoms with E-state index in [9.17, 15) is 8.42 Å². The van der Waals surface area contributed by atoms with Gasteiger partial charge in [0.25, 0.3) is 0 Å². The zero-order valence-electron chi connectivity index (χ0n) is 12.6. The first-order valence-corrected chi connectivity index (χ1v) is 9.21. The van der Waals surface area contributed by atoms with Crippen molar-refractivity contribution in [1.29, 1.82) is 0 Å². The van der Waals surface area contributed by atoms with Gasteiger partial charge >= 0.3 is 0 Å². The molecule has 2 aromatic rings. The van der Waals surface area contributed by atoms with E-state index in [1.165, 1.54) is 0 Å². The lowest BCUT2D eigenvalue weighted by Gasteiger charge is -2.12. The van der Waals surface area contributed by atoms with Gasteiger partial charge in [-0.2, -0.15) is 0 Å². The van der Waals surface area contributed by atoms with E-state index in [-0.39, 0.29) is 16.7 Å². The maximum atomic E-state index is 11.4. The summed E-state index contributed by atoms with van der Waals surface area (Å²) in [7, 11) is -3.24. The summed E-state index contributed by atoms with van der Waals surface area (Å²) in [5.41, 5.74) is 0.519. The van der Waals surface area contributed by atoms with Crippen LogP contribution in [0, 0.1) is 0 Å². The Labute approximate surface area is 134 Å². The van der Waals surface area contributed by atoms with Crippen molar-refractivity contribution in [3.8, 4) is 11.5 Å². The van der Waals surface area contributed by atoms with E-state index in [4.69, 9.17) is 21.1 Å². The molecule has 0 aliphatic heterocycles. The minimum Gasteiger partial charge on any atom is -0.490 e. The van der Waals surface area contributed by atoms with Gasteiger partial charge in [0.05, 0.1) is 18.7 Å². The van der Waals surface area contributed by atoms with Crippen molar-refractivity contribution in [1.82, 2.24) is 9.97 Å². The molecule has 6 nitrogen and oxygen atoms in total. The predicted octanol–water partition coefficient (Wildman–Crippen LogP) is 2.63. The van der Waals surface area contributed by atoms with Gasteiger partial charge in [0, 0.05) is 17.7 Å². The molecule has 1 heterocycles. The molecule has 0 saturated heterocycles. The van der Waals surface area contributed by atoms with Crippen LogP contribution in [0.3, 0.4) is 0 Å². The predicted molar refractivity (Wildman–Crippen MR) is 85.4 cm³/mol. The molecule has 22 heavy (non-hydrogen) atoms. The van der Waals surface area contributed by atoms with Crippen LogP contribution in [-0.4, -0.2) is 37.9 Å². The highest BCUT2D eigenvalue weighted by Crippen LogP contribution is 2.34. The fraction of sp³-hybridized carbons (Fsp3) is 0.429. The molecule has 0 aliphatic rings. The van der Waals surface area contributed by atoms with Crippen LogP contribution in [0.1, 0.15) is 19.7 Å². The van der Waals surface area contributed by atoms with Crippen LogP contribution >= 0.6 is 11.6 Å². The van der Waals surface area contributed by atoms with Crippen molar-refractivity contribution in [2.24, 2.45) is 0 Å². The zero-order chi connectivity index (χ0) is 16.3. The van der Waals surface area contributed by atoms with E-state index in [1.54, 1.807) is 12.1 Å². The van der Waals surface area contributed by atoms with E-state index in [1.807, 2.05) is 13.8 Å². The molecule has 1 aromatic heterocycles. The maximum absolute atomic E-state index is 11.4. The topological polar surface area (TPSA) is 78.4 Å². The molecule has 0 spiro atoms. The van der Waals surface area contributed by atoms with Gasteiger partial charge in [-0.25, -0.2) is 18.4 Å². The maximum Gasteiger partial charge on any atom is 0.163 e. The molecule has 1 aromatic carbocycles. The number of ether oxygens (including phenoxy) is 2. The van der Waals surface area contributed by atoms with Crippen LogP contribution in [0.4, 0.5) is 0 Å². The molecule has 2 rings (SSSR count). The summed E-state index contributed by atoms with van der Waals surface area (Å²) >= 11 is 6.15. The lowest BCUT2D eigenvalue weighted by molar-refractivity contribution is 0.288. The lowest BCUT2D eigenvalue weighted by atomic mass is 10.2. The van der Waals surface area contributed by atoms with E-state index >= 15 is 0 Å². The summed E-state index contributed by atoms with van der Waals surface area (Å²) in [6, 6.07) is 3.39. The van der Waals surface area contributed by atoms with Crippen LogP contribution in [0.25, 0.3) is 10.9 Å². The van der Waals surface area contributed by atoms with Crippen molar-refractivity contribution in [2.75, 3.05) is 19.5 Å². The summed E-state index contributed by atoms with van der Waals surface area (Å²) in [6.07, 6.45) is 1.12. The molecule has 0 amide bonds. The minimum absolute atomic E-state index is 0.159. The molecule has 120 valence electrons. The second-order valence-corrected chi connectivity index (χ2v) is 7.18. The number of rotatable bonds is 6. The smallest absolute Gasteiger partial charge is 0.163 e. The molecule has 0 radical (unpaired) electrons. The molecule has 0 N–H and O–H groups in total. The highest BCUT2D eigenvalue weighted by atomic mass is 35.5. The quantitative estimate of drug-likeness (QED) is 0.749. The SMILES string of the molecule is CCOc1cc2nc(CS(C)(=O)=O)nc(Cl)c2cc1OCC. The van der Waals surface area contributed by atoms with Gasteiger partial charge < -0.3 is 9.47 Å². The third kappa shape index (κ3) is 3.98. The summed E-state index contributed by atoms with van der Waals surface area (Å²) < 4.78 is 33.8. The van der Waals surface area contributed by atoms with Crippen LogP contribution < -0.4 is 9.47 Å². The Morgan fingerprint density at radius 2 is 1.68 bits per heavy atom. The summed E-state index contributed by atoms with van der Waals surface area (Å²) in [6.45, 7) is 4.69. The Morgan fingerprint density at radius 3 is 2.23 bits per heavy atom. The summed E-state index contributed by atoms with van der Waals surface area (Å²) in [5, 5.41) is 0.776. The normalized spacial score (nSPS) is 11.6. The second-order valence-electron chi connectivity index (χ2n) is 4.68. The van der Waals surface area contributed by atoms with Gasteiger partial charge in [-0.05, 0) is 19.9 Å². The van der Waals surface area contributed by atoms with E-state index in [0.29, 0.717) is 35.6 Å². The number of sulfone groups is 1. The highest BCUT2D eigenvalue weighted by Gasteiger charge is 2.15. The van der Waals surface area contributed by atoms with Crippen molar-refractivity contribution < 1.29 is 17.9 Å². The van der Waals surface area contributed by atoms with Gasteiger partial charge in [0.1, 0.15) is 16.7 Å². The van der Waals surface area contributed by atoms with E-state index < -0.39 is 9.84 Å². The zero-order valence-corrected chi connectivity index (χ0v) is 14.2. The number of halogens is 1. The number of hydrogen-bond donors (Lipinski definition) is 0. The fourth-order valence-corrected chi connectivity index (χ4v) is 2.83. The molecule has 0 saturated carbocycles. The standard InChI is InChI=1S/C14H17ClN2O4S/c1-4-20-11-6-9-10(7-12(11)21-5-2)16-13(17-14(9)15)8-22(3,18)19/h6-7H,4-5,8H2,1-3H3. The first kappa shape index (κ1) is 16.8. The van der Waals surface area contributed by atoms with Gasteiger partial charge in [-0.15, -0.1) is 0 Å². The van der Waals surface area contributed by atoms with Gasteiger partial charge in [0.15, 0.2) is 21.3 Å². The Bertz CT molecular complexity index is 793. The second kappa shape index (κ2) is 6.66. The number of aromatic nitrogens is 2. The molecule has 0 aliphatic carbocycles. The summed E-state index contributed by atoms with van der Waals surface area (Å²) in [4.78, 5) is 8.30. The molecule has 0 fully saturated rings. The highest BCUT2D eigenvalue weighted by molar-refractivity contribution is 7.89. The van der Waals surface area contributed by atoms with Gasteiger partial charge in [-0.3, -0.25) is 0 Å². The number of fused-ring (bicyclic) bond motifs is 1. The molecular weight excluding hydrogens is 328 g/mol. The van der Waals surface area contributed by atoms with Gasteiger partial charge in [0.2, 0.25) is 0 Å². The largest absolute Gasteiger partial charge is 0.490 e. The van der Waals surface area contributed by atoms with Crippen LogP contribution in [0.2, 0.25) is 5.15 Å². The first-order valence-electron chi connectivity index (χ1n) is 6.77. The average molecular weight is 345 g/mol. The van der Waals surface area contributed by atoms with E-state index in [0.717, 1.165) is 6.26 Å². The Morgan fingerprint density at radius 1 is 1.09 bits per heavy atom. The van der Waals surface area contributed by atoms with Crippen LogP contribution in [0.5, 0.6) is 11.5 Å². The third-order valence-electron chi connectivity index (χ3n) is 2.75. The Kier molecular flexibility index (Phi) is 5.08. The molecule has 0 bridgehead atoms. The number of nitrogens with zero attached hydrogens (tertiary/aromatic N) is 2. The third-order valence-corrected chi connectivity index (χ3v) is 3.82. The number of hydrogen-bond acceptors (Lipinski definition) is 6. The first-order chi connectivity index (χ1) is 10.3. The summed E-state index contributed by atoms with van der Waals surface area (Å²) in [5.74, 6) is 0.988. The molecule has 8 heteroatoms. The minimum atomic E-state index is -3.24. The molecule has 0 atom stereocenters. The van der Waals surface area contributed by atoms with Crippen molar-refractivity contribution in [3.05, 3.63) is 23.1 Å². The molecular formula is C14H17ClN2O4S.